The van der Waals surface area contributed by atoms with Gasteiger partial charge in [0.2, 0.25) is 5.91 Å². The Morgan fingerprint density at radius 1 is 1.38 bits per heavy atom. The molecule has 2 aliphatic heterocycles. The van der Waals surface area contributed by atoms with E-state index in [0.717, 1.165) is 18.4 Å². The van der Waals surface area contributed by atoms with E-state index in [2.05, 4.69) is 10.6 Å². The summed E-state index contributed by atoms with van der Waals surface area (Å²) in [5, 5.41) is 6.08. The molecule has 2 aliphatic rings. The van der Waals surface area contributed by atoms with Gasteiger partial charge in [-0.3, -0.25) is 9.59 Å². The summed E-state index contributed by atoms with van der Waals surface area (Å²) in [6.45, 7) is 2.58. The molecule has 130 valence electrons. The maximum absolute atomic E-state index is 12.7. The minimum absolute atomic E-state index is 0.0223. The molecule has 2 saturated heterocycles. The van der Waals surface area contributed by atoms with Crippen molar-refractivity contribution in [3.8, 4) is 5.75 Å². The van der Waals surface area contributed by atoms with E-state index in [-0.39, 0.29) is 30.0 Å². The molecule has 0 bridgehead atoms. The van der Waals surface area contributed by atoms with Crippen molar-refractivity contribution in [2.45, 2.75) is 50.8 Å². The first-order valence-electron chi connectivity index (χ1n) is 8.45. The van der Waals surface area contributed by atoms with Crippen LogP contribution in [0.5, 0.6) is 5.75 Å². The number of hydrogen-bond acceptors (Lipinski definition) is 4. The van der Waals surface area contributed by atoms with Gasteiger partial charge in [0.15, 0.2) is 0 Å². The number of carbonyl (C=O) groups is 2. The minimum Gasteiger partial charge on any atom is -0.496 e. The number of amides is 2. The molecule has 2 amide bonds. The molecule has 2 heterocycles. The molecule has 6 nitrogen and oxygen atoms in total. The van der Waals surface area contributed by atoms with Crippen LogP contribution in [-0.2, 0) is 9.53 Å². The first-order valence-corrected chi connectivity index (χ1v) is 8.45. The summed E-state index contributed by atoms with van der Waals surface area (Å²) in [5.74, 6) is 0.573. The zero-order valence-corrected chi connectivity index (χ0v) is 14.1. The largest absolute Gasteiger partial charge is 0.496 e. The Hall–Kier alpha value is -2.08. The fourth-order valence-electron chi connectivity index (χ4n) is 3.55. The lowest BCUT2D eigenvalue weighted by molar-refractivity contribution is -0.125. The first kappa shape index (κ1) is 16.8. The SMILES string of the molecule is COc1cccc(C(=O)N[C@H]2CCC(=O)N[C@@H]2C2CCCO2)c1C. The van der Waals surface area contributed by atoms with Crippen LogP contribution in [0, 0.1) is 6.92 Å². The highest BCUT2D eigenvalue weighted by Gasteiger charge is 2.37. The van der Waals surface area contributed by atoms with Crippen LogP contribution >= 0.6 is 0 Å². The van der Waals surface area contributed by atoms with E-state index in [1.165, 1.54) is 0 Å². The summed E-state index contributed by atoms with van der Waals surface area (Å²) in [7, 11) is 1.59. The van der Waals surface area contributed by atoms with E-state index < -0.39 is 0 Å². The van der Waals surface area contributed by atoms with Crippen LogP contribution < -0.4 is 15.4 Å². The molecule has 3 rings (SSSR count). The maximum atomic E-state index is 12.7. The molecule has 0 aromatic heterocycles. The van der Waals surface area contributed by atoms with E-state index in [1.54, 1.807) is 19.2 Å². The molecule has 0 spiro atoms. The van der Waals surface area contributed by atoms with Gasteiger partial charge in [-0.2, -0.15) is 0 Å². The quantitative estimate of drug-likeness (QED) is 0.877. The Morgan fingerprint density at radius 3 is 2.92 bits per heavy atom. The molecule has 2 N–H and O–H groups in total. The molecule has 24 heavy (non-hydrogen) atoms. The second-order valence-corrected chi connectivity index (χ2v) is 6.40. The van der Waals surface area contributed by atoms with E-state index in [4.69, 9.17) is 9.47 Å². The summed E-state index contributed by atoms with van der Waals surface area (Å²) >= 11 is 0. The Morgan fingerprint density at radius 2 is 2.21 bits per heavy atom. The third-order valence-electron chi connectivity index (χ3n) is 4.87. The summed E-state index contributed by atoms with van der Waals surface area (Å²) in [4.78, 5) is 24.5. The van der Waals surface area contributed by atoms with Crippen LogP contribution in [0.4, 0.5) is 0 Å². The Labute approximate surface area is 141 Å². The highest BCUT2D eigenvalue weighted by Crippen LogP contribution is 2.24. The second kappa shape index (κ2) is 7.21. The van der Waals surface area contributed by atoms with Crippen LogP contribution in [0.25, 0.3) is 0 Å². The topological polar surface area (TPSA) is 76.7 Å². The van der Waals surface area contributed by atoms with Gasteiger partial charge in [0, 0.05) is 24.2 Å². The molecule has 2 fully saturated rings. The number of hydrogen-bond donors (Lipinski definition) is 2. The fourth-order valence-corrected chi connectivity index (χ4v) is 3.55. The Kier molecular flexibility index (Phi) is 5.04. The average Bonchev–Trinajstić information content (AvgIpc) is 3.11. The highest BCUT2D eigenvalue weighted by molar-refractivity contribution is 5.96. The molecule has 1 unspecified atom stereocenters. The summed E-state index contributed by atoms with van der Waals surface area (Å²) in [6, 6.07) is 5.14. The number of ether oxygens (including phenoxy) is 2. The Bertz CT molecular complexity index is 625. The normalized spacial score (nSPS) is 26.8. The zero-order chi connectivity index (χ0) is 17.1. The lowest BCUT2D eigenvalue weighted by Crippen LogP contribution is -2.60. The van der Waals surface area contributed by atoms with Gasteiger partial charge >= 0.3 is 0 Å². The van der Waals surface area contributed by atoms with Crippen molar-refractivity contribution in [2.75, 3.05) is 13.7 Å². The van der Waals surface area contributed by atoms with Crippen molar-refractivity contribution in [3.63, 3.8) is 0 Å². The molecule has 1 aromatic rings. The predicted molar refractivity (Wildman–Crippen MR) is 89.1 cm³/mol. The summed E-state index contributed by atoms with van der Waals surface area (Å²) in [5.41, 5.74) is 1.41. The smallest absolute Gasteiger partial charge is 0.251 e. The number of nitrogens with one attached hydrogen (secondary N) is 2. The number of piperidine rings is 1. The van der Waals surface area contributed by atoms with E-state index in [0.29, 0.717) is 30.8 Å². The molecular formula is C18H24N2O4. The molecule has 0 radical (unpaired) electrons. The standard InChI is InChI=1S/C18H24N2O4/c1-11-12(5-3-6-14(11)23-2)18(22)19-13-8-9-16(21)20-17(13)15-7-4-10-24-15/h3,5-6,13,15,17H,4,7-10H2,1-2H3,(H,19,22)(H,20,21)/t13-,15?,17-/m0/s1. The van der Waals surface area contributed by atoms with Crippen molar-refractivity contribution >= 4 is 11.8 Å². The van der Waals surface area contributed by atoms with Gasteiger partial charge in [0.25, 0.3) is 5.91 Å². The highest BCUT2D eigenvalue weighted by atomic mass is 16.5. The van der Waals surface area contributed by atoms with Gasteiger partial charge in [-0.1, -0.05) is 6.07 Å². The van der Waals surface area contributed by atoms with Gasteiger partial charge in [-0.15, -0.1) is 0 Å². The van der Waals surface area contributed by atoms with Crippen molar-refractivity contribution in [1.82, 2.24) is 10.6 Å². The lowest BCUT2D eigenvalue weighted by atomic mass is 9.91. The van der Waals surface area contributed by atoms with Gasteiger partial charge in [0.05, 0.1) is 25.3 Å². The lowest BCUT2D eigenvalue weighted by Gasteiger charge is -2.36. The number of carbonyl (C=O) groups excluding carboxylic acids is 2. The number of benzene rings is 1. The summed E-state index contributed by atoms with van der Waals surface area (Å²) < 4.78 is 11.0. The van der Waals surface area contributed by atoms with Crippen molar-refractivity contribution < 1.29 is 19.1 Å². The van der Waals surface area contributed by atoms with Gasteiger partial charge in [0.1, 0.15) is 5.75 Å². The van der Waals surface area contributed by atoms with Crippen LogP contribution in [0.1, 0.15) is 41.6 Å². The monoisotopic (exact) mass is 332 g/mol. The molecule has 3 atom stereocenters. The van der Waals surface area contributed by atoms with Crippen molar-refractivity contribution in [2.24, 2.45) is 0 Å². The molecule has 0 saturated carbocycles. The first-order chi connectivity index (χ1) is 11.6. The number of methoxy groups -OCH3 is 1. The molecule has 1 aromatic carbocycles. The average molecular weight is 332 g/mol. The Balaban J connectivity index is 1.75. The maximum Gasteiger partial charge on any atom is 0.251 e. The van der Waals surface area contributed by atoms with Crippen LogP contribution in [0.2, 0.25) is 0 Å². The van der Waals surface area contributed by atoms with Crippen LogP contribution in [0.3, 0.4) is 0 Å². The van der Waals surface area contributed by atoms with Crippen LogP contribution in [0.15, 0.2) is 18.2 Å². The third-order valence-corrected chi connectivity index (χ3v) is 4.87. The molecule has 0 aliphatic carbocycles. The van der Waals surface area contributed by atoms with Crippen molar-refractivity contribution in [1.29, 1.82) is 0 Å². The van der Waals surface area contributed by atoms with Gasteiger partial charge in [-0.05, 0) is 38.3 Å². The zero-order valence-electron chi connectivity index (χ0n) is 14.1. The van der Waals surface area contributed by atoms with Gasteiger partial charge in [-0.25, -0.2) is 0 Å². The van der Waals surface area contributed by atoms with Crippen LogP contribution in [-0.4, -0.2) is 43.7 Å². The van der Waals surface area contributed by atoms with E-state index in [1.807, 2.05) is 13.0 Å². The number of rotatable bonds is 4. The fraction of sp³-hybridized carbons (Fsp3) is 0.556. The predicted octanol–water partition coefficient (Wildman–Crippen LogP) is 1.56. The minimum atomic E-state index is -0.163. The van der Waals surface area contributed by atoms with E-state index >= 15 is 0 Å². The summed E-state index contributed by atoms with van der Waals surface area (Å²) in [6.07, 6.45) is 2.93. The van der Waals surface area contributed by atoms with E-state index in [9.17, 15) is 9.59 Å². The van der Waals surface area contributed by atoms with Crippen molar-refractivity contribution in [3.05, 3.63) is 29.3 Å². The second-order valence-electron chi connectivity index (χ2n) is 6.40. The van der Waals surface area contributed by atoms with Gasteiger partial charge < -0.3 is 20.1 Å². The third kappa shape index (κ3) is 3.38. The molecule has 6 heteroatoms. The molecular weight excluding hydrogens is 308 g/mol.